The van der Waals surface area contributed by atoms with Crippen LogP contribution in [0.4, 0.5) is 0 Å². The van der Waals surface area contributed by atoms with Crippen LogP contribution in [0.3, 0.4) is 0 Å². The van der Waals surface area contributed by atoms with Gasteiger partial charge >= 0.3 is 0 Å². The third-order valence-electron chi connectivity index (χ3n) is 4.25. The Morgan fingerprint density at radius 3 is 2.65 bits per heavy atom. The molecule has 0 atom stereocenters. The number of H-pyrrole nitrogens is 1. The van der Waals surface area contributed by atoms with Crippen LogP contribution in [0, 0.1) is 11.3 Å². The van der Waals surface area contributed by atoms with Crippen molar-refractivity contribution in [2.24, 2.45) is 0 Å². The number of benzene rings is 1. The standard InChI is InChI=1S/C19H16N6O/c1-12(2)16-17(22-18-13(10-20)11-21-25(18)19(16)26)15-8-9-24(23-15)14-6-4-3-5-7-14/h3-9,11-12,21H,1-2H3. The highest BCUT2D eigenvalue weighted by Crippen LogP contribution is 2.25. The molecule has 0 saturated heterocycles. The van der Waals surface area contributed by atoms with Crippen molar-refractivity contribution >= 4 is 5.65 Å². The first-order valence-corrected chi connectivity index (χ1v) is 8.25. The highest BCUT2D eigenvalue weighted by molar-refractivity contribution is 5.65. The van der Waals surface area contributed by atoms with Crippen molar-refractivity contribution in [1.82, 2.24) is 24.4 Å². The second-order valence-corrected chi connectivity index (χ2v) is 6.27. The quantitative estimate of drug-likeness (QED) is 0.618. The number of nitrogens with one attached hydrogen (secondary N) is 1. The molecule has 26 heavy (non-hydrogen) atoms. The van der Waals surface area contributed by atoms with Crippen molar-refractivity contribution < 1.29 is 0 Å². The van der Waals surface area contributed by atoms with E-state index in [0.29, 0.717) is 28.2 Å². The average molecular weight is 344 g/mol. The van der Waals surface area contributed by atoms with Gasteiger partial charge in [0.15, 0.2) is 5.65 Å². The van der Waals surface area contributed by atoms with Crippen LogP contribution >= 0.6 is 0 Å². The smallest absolute Gasteiger partial charge is 0.276 e. The zero-order valence-corrected chi connectivity index (χ0v) is 14.3. The number of aromatic amines is 1. The highest BCUT2D eigenvalue weighted by Gasteiger charge is 2.21. The summed E-state index contributed by atoms with van der Waals surface area (Å²) in [6.07, 6.45) is 3.32. The number of fused-ring (bicyclic) bond motifs is 1. The van der Waals surface area contributed by atoms with Crippen LogP contribution in [0.15, 0.2) is 53.6 Å². The lowest BCUT2D eigenvalue weighted by Gasteiger charge is -2.10. The summed E-state index contributed by atoms with van der Waals surface area (Å²) < 4.78 is 3.05. The number of hydrogen-bond acceptors (Lipinski definition) is 4. The van der Waals surface area contributed by atoms with Crippen molar-refractivity contribution in [3.8, 4) is 23.1 Å². The van der Waals surface area contributed by atoms with E-state index in [1.54, 1.807) is 4.68 Å². The third kappa shape index (κ3) is 2.40. The molecule has 0 radical (unpaired) electrons. The molecule has 0 unspecified atom stereocenters. The van der Waals surface area contributed by atoms with Gasteiger partial charge < -0.3 is 0 Å². The Morgan fingerprint density at radius 1 is 1.19 bits per heavy atom. The van der Waals surface area contributed by atoms with Crippen LogP contribution in [0.2, 0.25) is 0 Å². The number of rotatable bonds is 3. The van der Waals surface area contributed by atoms with E-state index in [9.17, 15) is 10.1 Å². The van der Waals surface area contributed by atoms with Crippen molar-refractivity contribution in [3.05, 3.63) is 70.3 Å². The summed E-state index contributed by atoms with van der Waals surface area (Å²) in [4.78, 5) is 17.5. The summed E-state index contributed by atoms with van der Waals surface area (Å²) in [6, 6.07) is 13.6. The monoisotopic (exact) mass is 344 g/mol. The third-order valence-corrected chi connectivity index (χ3v) is 4.25. The maximum absolute atomic E-state index is 12.9. The molecular formula is C19H16N6O. The normalized spacial score (nSPS) is 11.2. The van der Waals surface area contributed by atoms with Gasteiger partial charge in [0.25, 0.3) is 5.56 Å². The summed E-state index contributed by atoms with van der Waals surface area (Å²) in [6.45, 7) is 3.88. The first-order chi connectivity index (χ1) is 12.6. The first kappa shape index (κ1) is 15.8. The summed E-state index contributed by atoms with van der Waals surface area (Å²) in [5, 5.41) is 16.7. The predicted molar refractivity (Wildman–Crippen MR) is 97.2 cm³/mol. The van der Waals surface area contributed by atoms with E-state index in [2.05, 4.69) is 21.3 Å². The van der Waals surface area contributed by atoms with Gasteiger partial charge in [-0.05, 0) is 24.1 Å². The molecule has 7 heteroatoms. The number of hydrogen-bond donors (Lipinski definition) is 1. The second kappa shape index (κ2) is 6.01. The van der Waals surface area contributed by atoms with Crippen LogP contribution in [-0.2, 0) is 0 Å². The topological polar surface area (TPSA) is 91.8 Å². The average Bonchev–Trinajstić information content (AvgIpc) is 3.29. The molecule has 1 N–H and O–H groups in total. The Bertz CT molecular complexity index is 1190. The van der Waals surface area contributed by atoms with Crippen LogP contribution in [0.1, 0.15) is 30.9 Å². The van der Waals surface area contributed by atoms with E-state index in [1.807, 2.05) is 56.4 Å². The lowest BCUT2D eigenvalue weighted by atomic mass is 10.0. The maximum atomic E-state index is 12.9. The molecule has 0 fully saturated rings. The Kier molecular flexibility index (Phi) is 3.66. The number of nitrogens with zero attached hydrogens (tertiary/aromatic N) is 5. The van der Waals surface area contributed by atoms with Gasteiger partial charge in [-0.3, -0.25) is 9.89 Å². The highest BCUT2D eigenvalue weighted by atomic mass is 16.1. The van der Waals surface area contributed by atoms with Gasteiger partial charge in [-0.1, -0.05) is 32.0 Å². The predicted octanol–water partition coefficient (Wildman–Crippen LogP) is 2.87. The SMILES string of the molecule is CC(C)c1c(-c2ccn(-c3ccccc3)n2)nc2c(C#N)c[nH]n2c1=O. The Balaban J connectivity index is 1.96. The van der Waals surface area contributed by atoms with E-state index >= 15 is 0 Å². The molecule has 0 bridgehead atoms. The molecule has 3 aromatic heterocycles. The van der Waals surface area contributed by atoms with Crippen molar-refractivity contribution in [2.75, 3.05) is 0 Å². The maximum Gasteiger partial charge on any atom is 0.276 e. The van der Waals surface area contributed by atoms with Gasteiger partial charge in [-0.15, -0.1) is 0 Å². The number of para-hydroxylation sites is 1. The molecule has 0 aliphatic rings. The van der Waals surface area contributed by atoms with Gasteiger partial charge in [0.1, 0.15) is 23.0 Å². The van der Waals surface area contributed by atoms with E-state index in [4.69, 9.17) is 0 Å². The molecule has 1 aromatic carbocycles. The fraction of sp³-hybridized carbons (Fsp3) is 0.158. The lowest BCUT2D eigenvalue weighted by molar-refractivity contribution is 0.793. The summed E-state index contributed by atoms with van der Waals surface area (Å²) in [5.41, 5.74) is 3.01. The fourth-order valence-electron chi connectivity index (χ4n) is 3.00. The minimum absolute atomic E-state index is 0.0439. The van der Waals surface area contributed by atoms with Gasteiger partial charge in [-0.25, -0.2) is 14.2 Å². The van der Waals surface area contributed by atoms with Crippen LogP contribution in [0.5, 0.6) is 0 Å². The van der Waals surface area contributed by atoms with E-state index in [0.717, 1.165) is 5.69 Å². The van der Waals surface area contributed by atoms with Crippen LogP contribution < -0.4 is 5.56 Å². The summed E-state index contributed by atoms with van der Waals surface area (Å²) in [5.74, 6) is -0.0439. The van der Waals surface area contributed by atoms with Crippen LogP contribution in [-0.4, -0.2) is 24.4 Å². The first-order valence-electron chi connectivity index (χ1n) is 8.25. The molecule has 0 aliphatic carbocycles. The summed E-state index contributed by atoms with van der Waals surface area (Å²) in [7, 11) is 0. The molecular weight excluding hydrogens is 328 g/mol. The van der Waals surface area contributed by atoms with E-state index in [-0.39, 0.29) is 11.5 Å². The zero-order chi connectivity index (χ0) is 18.3. The van der Waals surface area contributed by atoms with Crippen molar-refractivity contribution in [2.45, 2.75) is 19.8 Å². The number of nitriles is 1. The summed E-state index contributed by atoms with van der Waals surface area (Å²) >= 11 is 0. The van der Waals surface area contributed by atoms with Gasteiger partial charge in [-0.2, -0.15) is 10.4 Å². The minimum Gasteiger partial charge on any atom is -0.295 e. The molecule has 0 amide bonds. The Morgan fingerprint density at radius 2 is 1.96 bits per heavy atom. The number of aromatic nitrogens is 5. The second-order valence-electron chi connectivity index (χ2n) is 6.27. The Labute approximate surface area is 149 Å². The molecule has 128 valence electrons. The molecule has 0 aliphatic heterocycles. The van der Waals surface area contributed by atoms with E-state index in [1.165, 1.54) is 10.7 Å². The zero-order valence-electron chi connectivity index (χ0n) is 14.3. The molecule has 7 nitrogen and oxygen atoms in total. The molecule has 4 rings (SSSR count). The van der Waals surface area contributed by atoms with Gasteiger partial charge in [0.2, 0.25) is 0 Å². The molecule has 4 aromatic rings. The minimum atomic E-state index is -0.212. The van der Waals surface area contributed by atoms with Gasteiger partial charge in [0, 0.05) is 18.0 Å². The fourth-order valence-corrected chi connectivity index (χ4v) is 3.00. The van der Waals surface area contributed by atoms with Gasteiger partial charge in [0.05, 0.1) is 5.69 Å². The van der Waals surface area contributed by atoms with E-state index < -0.39 is 0 Å². The largest absolute Gasteiger partial charge is 0.295 e. The Hall–Kier alpha value is -3.66. The lowest BCUT2D eigenvalue weighted by Crippen LogP contribution is -2.22. The molecule has 0 spiro atoms. The molecule has 0 saturated carbocycles. The van der Waals surface area contributed by atoms with Crippen molar-refractivity contribution in [3.63, 3.8) is 0 Å². The van der Waals surface area contributed by atoms with Crippen LogP contribution in [0.25, 0.3) is 22.7 Å². The van der Waals surface area contributed by atoms with Crippen molar-refractivity contribution in [1.29, 1.82) is 5.26 Å². The molecule has 3 heterocycles.